The van der Waals surface area contributed by atoms with Gasteiger partial charge in [0, 0.05) is 18.2 Å². The molecule has 0 unspecified atom stereocenters. The van der Waals surface area contributed by atoms with Crippen LogP contribution < -0.4 is 0 Å². The Kier molecular flexibility index (Phi) is 4.50. The molecule has 20 heavy (non-hydrogen) atoms. The van der Waals surface area contributed by atoms with Gasteiger partial charge in [0.2, 0.25) is 5.91 Å². The molecule has 0 aliphatic carbocycles. The normalized spacial score (nSPS) is 19.2. The Bertz CT molecular complexity index is 542. The SMILES string of the molecule is O=C(O)[C@H]1CCCCN1C(=O)/C=C/c1ccccc1F. The van der Waals surface area contributed by atoms with Crippen molar-refractivity contribution in [3.05, 3.63) is 41.7 Å². The van der Waals surface area contributed by atoms with Crippen molar-refractivity contribution in [2.75, 3.05) is 6.54 Å². The van der Waals surface area contributed by atoms with Crippen molar-refractivity contribution in [3.8, 4) is 0 Å². The minimum atomic E-state index is -0.989. The lowest BCUT2D eigenvalue weighted by Crippen LogP contribution is -2.47. The lowest BCUT2D eigenvalue weighted by atomic mass is 10.0. The molecule has 1 aromatic carbocycles. The van der Waals surface area contributed by atoms with Gasteiger partial charge in [-0.1, -0.05) is 18.2 Å². The van der Waals surface area contributed by atoms with E-state index in [0.29, 0.717) is 18.5 Å². The number of hydrogen-bond donors (Lipinski definition) is 1. The lowest BCUT2D eigenvalue weighted by molar-refractivity contribution is -0.150. The molecule has 106 valence electrons. The van der Waals surface area contributed by atoms with Crippen molar-refractivity contribution in [2.45, 2.75) is 25.3 Å². The summed E-state index contributed by atoms with van der Waals surface area (Å²) in [5.41, 5.74) is 0.310. The van der Waals surface area contributed by atoms with Crippen LogP contribution in [0.1, 0.15) is 24.8 Å². The zero-order valence-electron chi connectivity index (χ0n) is 11.0. The number of carbonyl (C=O) groups excluding carboxylic acids is 1. The molecular formula is C15H16FNO3. The quantitative estimate of drug-likeness (QED) is 0.862. The molecule has 0 radical (unpaired) electrons. The fraction of sp³-hybridized carbons (Fsp3) is 0.333. The predicted molar refractivity (Wildman–Crippen MR) is 72.4 cm³/mol. The lowest BCUT2D eigenvalue weighted by Gasteiger charge is -2.32. The van der Waals surface area contributed by atoms with Gasteiger partial charge in [-0.15, -0.1) is 0 Å². The third kappa shape index (κ3) is 3.23. The van der Waals surface area contributed by atoms with Gasteiger partial charge in [-0.25, -0.2) is 9.18 Å². The highest BCUT2D eigenvalue weighted by molar-refractivity contribution is 5.94. The number of carboxylic acid groups (broad SMARTS) is 1. The molecule has 1 aliphatic rings. The van der Waals surface area contributed by atoms with Gasteiger partial charge in [-0.2, -0.15) is 0 Å². The molecule has 1 saturated heterocycles. The number of halogens is 1. The van der Waals surface area contributed by atoms with Crippen molar-refractivity contribution in [2.24, 2.45) is 0 Å². The van der Waals surface area contributed by atoms with Gasteiger partial charge >= 0.3 is 5.97 Å². The van der Waals surface area contributed by atoms with Gasteiger partial charge < -0.3 is 10.0 Å². The number of hydrogen-bond acceptors (Lipinski definition) is 2. The number of amides is 1. The molecule has 1 aromatic rings. The summed E-state index contributed by atoms with van der Waals surface area (Å²) in [5, 5.41) is 9.11. The monoisotopic (exact) mass is 277 g/mol. The van der Waals surface area contributed by atoms with E-state index in [-0.39, 0.29) is 5.91 Å². The predicted octanol–water partition coefficient (Wildman–Crippen LogP) is 2.30. The van der Waals surface area contributed by atoms with Crippen LogP contribution in [0.5, 0.6) is 0 Å². The van der Waals surface area contributed by atoms with Crippen LogP contribution in [0.3, 0.4) is 0 Å². The molecule has 1 aliphatic heterocycles. The van der Waals surface area contributed by atoms with E-state index in [0.717, 1.165) is 12.8 Å². The molecule has 1 fully saturated rings. The fourth-order valence-corrected chi connectivity index (χ4v) is 2.32. The molecule has 1 amide bonds. The second-order valence-electron chi connectivity index (χ2n) is 4.74. The first-order valence-electron chi connectivity index (χ1n) is 6.55. The first kappa shape index (κ1) is 14.2. The molecule has 0 aromatic heterocycles. The van der Waals surface area contributed by atoms with E-state index in [1.165, 1.54) is 23.1 Å². The average molecular weight is 277 g/mol. The van der Waals surface area contributed by atoms with Crippen molar-refractivity contribution in [1.29, 1.82) is 0 Å². The van der Waals surface area contributed by atoms with Crippen molar-refractivity contribution in [3.63, 3.8) is 0 Å². The van der Waals surface area contributed by atoms with E-state index < -0.39 is 17.8 Å². The van der Waals surface area contributed by atoms with Crippen LogP contribution in [-0.2, 0) is 9.59 Å². The molecule has 5 heteroatoms. The number of benzene rings is 1. The third-order valence-electron chi connectivity index (χ3n) is 3.38. The Hall–Kier alpha value is -2.17. The fourth-order valence-electron chi connectivity index (χ4n) is 2.32. The summed E-state index contributed by atoms with van der Waals surface area (Å²) in [6, 6.07) is 5.34. The minimum absolute atomic E-state index is 0.310. The summed E-state index contributed by atoms with van der Waals surface area (Å²) in [4.78, 5) is 24.5. The molecule has 0 saturated carbocycles. The van der Waals surface area contributed by atoms with E-state index in [2.05, 4.69) is 0 Å². The van der Waals surface area contributed by atoms with Gasteiger partial charge in [-0.05, 0) is 31.4 Å². The standard InChI is InChI=1S/C15H16FNO3/c16-12-6-2-1-5-11(12)8-9-14(18)17-10-4-3-7-13(17)15(19)20/h1-2,5-6,8-9,13H,3-4,7,10H2,(H,19,20)/b9-8+/t13-/m1/s1. The van der Waals surface area contributed by atoms with Gasteiger partial charge in [0.1, 0.15) is 11.9 Å². The summed E-state index contributed by atoms with van der Waals surface area (Å²) in [5.74, 6) is -1.79. The Labute approximate surface area is 116 Å². The van der Waals surface area contributed by atoms with Crippen LogP contribution in [0.15, 0.2) is 30.3 Å². The maximum atomic E-state index is 13.4. The van der Waals surface area contributed by atoms with Gasteiger partial charge in [0.05, 0.1) is 0 Å². The zero-order valence-corrected chi connectivity index (χ0v) is 11.0. The molecule has 0 spiro atoms. The summed E-state index contributed by atoms with van der Waals surface area (Å²) in [7, 11) is 0. The molecule has 2 rings (SSSR count). The van der Waals surface area contributed by atoms with Crippen molar-refractivity contribution in [1.82, 2.24) is 4.90 Å². The summed E-state index contributed by atoms with van der Waals surface area (Å²) < 4.78 is 13.4. The summed E-state index contributed by atoms with van der Waals surface area (Å²) in [6.07, 6.45) is 4.68. The Morgan fingerprint density at radius 3 is 2.75 bits per heavy atom. The molecule has 0 bridgehead atoms. The van der Waals surface area contributed by atoms with Crippen LogP contribution in [0.25, 0.3) is 6.08 Å². The topological polar surface area (TPSA) is 57.6 Å². The van der Waals surface area contributed by atoms with E-state index >= 15 is 0 Å². The summed E-state index contributed by atoms with van der Waals surface area (Å²) in [6.45, 7) is 0.428. The molecule has 1 atom stereocenters. The van der Waals surface area contributed by atoms with E-state index in [4.69, 9.17) is 5.11 Å². The Balaban J connectivity index is 2.10. The largest absolute Gasteiger partial charge is 0.480 e. The Morgan fingerprint density at radius 2 is 2.05 bits per heavy atom. The number of piperidine rings is 1. The van der Waals surface area contributed by atoms with E-state index in [1.54, 1.807) is 18.2 Å². The smallest absolute Gasteiger partial charge is 0.326 e. The maximum Gasteiger partial charge on any atom is 0.326 e. The third-order valence-corrected chi connectivity index (χ3v) is 3.38. The van der Waals surface area contributed by atoms with Crippen LogP contribution in [0.4, 0.5) is 4.39 Å². The van der Waals surface area contributed by atoms with Crippen LogP contribution >= 0.6 is 0 Å². The number of likely N-dealkylation sites (tertiary alicyclic amines) is 1. The van der Waals surface area contributed by atoms with Gasteiger partial charge in [0.15, 0.2) is 0 Å². The number of nitrogens with zero attached hydrogens (tertiary/aromatic N) is 1. The van der Waals surface area contributed by atoms with Crippen LogP contribution in [0.2, 0.25) is 0 Å². The first-order valence-corrected chi connectivity index (χ1v) is 6.55. The number of rotatable bonds is 3. The number of carbonyl (C=O) groups is 2. The second-order valence-corrected chi connectivity index (χ2v) is 4.74. The molecule has 4 nitrogen and oxygen atoms in total. The van der Waals surface area contributed by atoms with E-state index in [9.17, 15) is 14.0 Å². The minimum Gasteiger partial charge on any atom is -0.480 e. The number of carboxylic acids is 1. The number of aliphatic carboxylic acids is 1. The maximum absolute atomic E-state index is 13.4. The highest BCUT2D eigenvalue weighted by atomic mass is 19.1. The van der Waals surface area contributed by atoms with Crippen LogP contribution in [0, 0.1) is 5.82 Å². The van der Waals surface area contributed by atoms with Crippen molar-refractivity contribution >= 4 is 18.0 Å². The van der Waals surface area contributed by atoms with Gasteiger partial charge in [-0.3, -0.25) is 4.79 Å². The first-order chi connectivity index (χ1) is 9.59. The highest BCUT2D eigenvalue weighted by Crippen LogP contribution is 2.18. The Morgan fingerprint density at radius 1 is 1.30 bits per heavy atom. The van der Waals surface area contributed by atoms with E-state index in [1.807, 2.05) is 0 Å². The van der Waals surface area contributed by atoms with Crippen molar-refractivity contribution < 1.29 is 19.1 Å². The molecule has 1 heterocycles. The van der Waals surface area contributed by atoms with Gasteiger partial charge in [0.25, 0.3) is 0 Å². The van der Waals surface area contributed by atoms with Crippen LogP contribution in [-0.4, -0.2) is 34.5 Å². The second kappa shape index (κ2) is 6.32. The zero-order chi connectivity index (χ0) is 14.5. The highest BCUT2D eigenvalue weighted by Gasteiger charge is 2.30. The molecular weight excluding hydrogens is 261 g/mol. The average Bonchev–Trinajstić information content (AvgIpc) is 2.46. The molecule has 1 N–H and O–H groups in total. The summed E-state index contributed by atoms with van der Waals surface area (Å²) >= 11 is 0.